The van der Waals surface area contributed by atoms with E-state index in [0.29, 0.717) is 6.42 Å². The maximum Gasteiger partial charge on any atom is 0.231 e. The maximum absolute atomic E-state index is 12.1. The van der Waals surface area contributed by atoms with Gasteiger partial charge >= 0.3 is 0 Å². The van der Waals surface area contributed by atoms with Crippen molar-refractivity contribution in [1.29, 1.82) is 0 Å². The van der Waals surface area contributed by atoms with Crippen LogP contribution in [0.4, 0.5) is 5.69 Å². The summed E-state index contributed by atoms with van der Waals surface area (Å²) in [5, 5.41) is 0. The molecule has 3 rings (SSSR count). The van der Waals surface area contributed by atoms with Gasteiger partial charge in [0, 0.05) is 38.4 Å². The third-order valence-electron chi connectivity index (χ3n) is 4.38. The Morgan fingerprint density at radius 1 is 1.05 bits per heavy atom. The van der Waals surface area contributed by atoms with Gasteiger partial charge in [-0.15, -0.1) is 0 Å². The smallest absolute Gasteiger partial charge is 0.231 e. The average Bonchev–Trinajstić information content (AvgIpc) is 2.77. The van der Waals surface area contributed by atoms with Gasteiger partial charge in [0.15, 0.2) is 0 Å². The van der Waals surface area contributed by atoms with Crippen LogP contribution in [-0.2, 0) is 11.2 Å². The van der Waals surface area contributed by atoms with Gasteiger partial charge in [-0.1, -0.05) is 18.2 Å². The molecule has 1 fully saturated rings. The van der Waals surface area contributed by atoms with Crippen LogP contribution < -0.4 is 4.90 Å². The molecule has 20 heavy (non-hydrogen) atoms. The molecule has 0 N–H and O–H groups in total. The normalized spacial score (nSPS) is 20.4. The monoisotopic (exact) mass is 273 g/mol. The topological polar surface area (TPSA) is 26.8 Å². The summed E-state index contributed by atoms with van der Waals surface area (Å²) in [5.41, 5.74) is 2.30. The van der Waals surface area contributed by atoms with Gasteiger partial charge in [-0.3, -0.25) is 4.79 Å². The van der Waals surface area contributed by atoms with Gasteiger partial charge in [-0.05, 0) is 31.6 Å². The highest BCUT2D eigenvalue weighted by Crippen LogP contribution is 2.28. The van der Waals surface area contributed by atoms with Crippen LogP contribution in [0, 0.1) is 0 Å². The second-order valence-electron chi connectivity index (χ2n) is 5.85. The molecule has 4 heteroatoms. The van der Waals surface area contributed by atoms with Crippen molar-refractivity contribution in [3.8, 4) is 0 Å². The van der Waals surface area contributed by atoms with Crippen molar-refractivity contribution in [3.63, 3.8) is 0 Å². The van der Waals surface area contributed by atoms with E-state index >= 15 is 0 Å². The number of benzene rings is 1. The lowest BCUT2D eigenvalue weighted by Gasteiger charge is -2.32. The lowest BCUT2D eigenvalue weighted by Crippen LogP contribution is -2.45. The number of para-hydroxylation sites is 1. The number of hydrogen-bond acceptors (Lipinski definition) is 3. The number of carbonyl (C=O) groups excluding carboxylic acids is 1. The Balaban J connectivity index is 1.50. The second-order valence-corrected chi connectivity index (χ2v) is 5.85. The zero-order valence-corrected chi connectivity index (χ0v) is 12.2. The molecule has 4 nitrogen and oxygen atoms in total. The largest absolute Gasteiger partial charge is 0.312 e. The number of nitrogens with zero attached hydrogens (tertiary/aromatic N) is 3. The maximum atomic E-state index is 12.1. The van der Waals surface area contributed by atoms with Crippen molar-refractivity contribution in [1.82, 2.24) is 9.80 Å². The van der Waals surface area contributed by atoms with Crippen LogP contribution in [0.15, 0.2) is 24.3 Å². The Morgan fingerprint density at radius 2 is 1.80 bits per heavy atom. The van der Waals surface area contributed by atoms with Gasteiger partial charge in [-0.25, -0.2) is 0 Å². The zero-order chi connectivity index (χ0) is 13.9. The Labute approximate surface area is 121 Å². The minimum absolute atomic E-state index is 0.254. The van der Waals surface area contributed by atoms with E-state index in [1.165, 1.54) is 5.56 Å². The fourth-order valence-corrected chi connectivity index (χ4v) is 3.09. The number of hydrogen-bond donors (Lipinski definition) is 0. The molecular weight excluding hydrogens is 250 g/mol. The first-order valence-corrected chi connectivity index (χ1v) is 7.53. The molecule has 1 aromatic carbocycles. The summed E-state index contributed by atoms with van der Waals surface area (Å²) in [6, 6.07) is 8.16. The summed E-state index contributed by atoms with van der Waals surface area (Å²) in [6.45, 7) is 6.57. The molecule has 0 saturated carbocycles. The Kier molecular flexibility index (Phi) is 4.03. The molecule has 2 heterocycles. The fourth-order valence-electron chi connectivity index (χ4n) is 3.09. The molecule has 2 aliphatic rings. The van der Waals surface area contributed by atoms with Gasteiger partial charge in [0.05, 0.1) is 6.42 Å². The first-order valence-electron chi connectivity index (χ1n) is 7.53. The third-order valence-corrected chi connectivity index (χ3v) is 4.38. The molecule has 1 amide bonds. The SMILES string of the molecule is CN1CCN(CCCN2C(=O)Cc3ccccc32)CC1. The average molecular weight is 273 g/mol. The molecule has 0 spiro atoms. The number of rotatable bonds is 4. The highest BCUT2D eigenvalue weighted by Gasteiger charge is 2.26. The number of piperazine rings is 1. The Bertz CT molecular complexity index is 480. The highest BCUT2D eigenvalue weighted by atomic mass is 16.2. The van der Waals surface area contributed by atoms with Crippen LogP contribution in [0.5, 0.6) is 0 Å². The van der Waals surface area contributed by atoms with E-state index in [-0.39, 0.29) is 5.91 Å². The predicted molar refractivity (Wildman–Crippen MR) is 81.1 cm³/mol. The number of amides is 1. The summed E-state index contributed by atoms with van der Waals surface area (Å²) >= 11 is 0. The first kappa shape index (κ1) is 13.6. The zero-order valence-electron chi connectivity index (χ0n) is 12.2. The van der Waals surface area contributed by atoms with E-state index in [9.17, 15) is 4.79 Å². The molecule has 2 aliphatic heterocycles. The lowest BCUT2D eigenvalue weighted by atomic mass is 10.2. The number of fused-ring (bicyclic) bond motifs is 1. The first-order chi connectivity index (χ1) is 9.74. The van der Waals surface area contributed by atoms with Crippen LogP contribution in [0.2, 0.25) is 0 Å². The van der Waals surface area contributed by atoms with Crippen LogP contribution in [-0.4, -0.2) is 62.0 Å². The van der Waals surface area contributed by atoms with Crippen LogP contribution in [0.25, 0.3) is 0 Å². The predicted octanol–water partition coefficient (Wildman–Crippen LogP) is 1.21. The van der Waals surface area contributed by atoms with Crippen LogP contribution in [0.3, 0.4) is 0 Å². The number of anilines is 1. The minimum Gasteiger partial charge on any atom is -0.312 e. The van der Waals surface area contributed by atoms with Crippen LogP contribution in [0.1, 0.15) is 12.0 Å². The summed E-state index contributed by atoms with van der Waals surface area (Å²) in [5.74, 6) is 0.254. The molecule has 108 valence electrons. The summed E-state index contributed by atoms with van der Waals surface area (Å²) in [6.07, 6.45) is 1.63. The Hall–Kier alpha value is -1.39. The van der Waals surface area contributed by atoms with Crippen molar-refractivity contribution in [2.75, 3.05) is 51.2 Å². The van der Waals surface area contributed by atoms with Gasteiger partial charge in [-0.2, -0.15) is 0 Å². The van der Waals surface area contributed by atoms with E-state index < -0.39 is 0 Å². The van der Waals surface area contributed by atoms with Gasteiger partial charge in [0.2, 0.25) is 5.91 Å². The van der Waals surface area contributed by atoms with Crippen molar-refractivity contribution >= 4 is 11.6 Å². The van der Waals surface area contributed by atoms with Gasteiger partial charge in [0.25, 0.3) is 0 Å². The summed E-state index contributed by atoms with van der Waals surface area (Å²) < 4.78 is 0. The summed E-state index contributed by atoms with van der Waals surface area (Å²) in [7, 11) is 2.18. The molecule has 0 atom stereocenters. The molecule has 0 aliphatic carbocycles. The lowest BCUT2D eigenvalue weighted by molar-refractivity contribution is -0.117. The minimum atomic E-state index is 0.254. The summed E-state index contributed by atoms with van der Waals surface area (Å²) in [4.78, 5) is 18.9. The fraction of sp³-hybridized carbons (Fsp3) is 0.562. The molecule has 0 radical (unpaired) electrons. The van der Waals surface area contributed by atoms with Crippen molar-refractivity contribution in [3.05, 3.63) is 29.8 Å². The van der Waals surface area contributed by atoms with E-state index in [0.717, 1.165) is 51.4 Å². The number of carbonyl (C=O) groups is 1. The molecule has 1 aromatic rings. The Morgan fingerprint density at radius 3 is 2.60 bits per heavy atom. The quantitative estimate of drug-likeness (QED) is 0.825. The van der Waals surface area contributed by atoms with Crippen molar-refractivity contribution < 1.29 is 4.79 Å². The standard InChI is InChI=1S/C16H23N3O/c1-17-9-11-18(12-10-17)7-4-8-19-15-6-3-2-5-14(15)13-16(19)20/h2-3,5-6H,4,7-13H2,1H3. The molecule has 0 bridgehead atoms. The molecule has 0 aromatic heterocycles. The number of likely N-dealkylation sites (N-methyl/N-ethyl adjacent to an activating group) is 1. The van der Waals surface area contributed by atoms with E-state index in [1.54, 1.807) is 0 Å². The van der Waals surface area contributed by atoms with Gasteiger partial charge in [0.1, 0.15) is 0 Å². The highest BCUT2D eigenvalue weighted by molar-refractivity contribution is 6.01. The van der Waals surface area contributed by atoms with E-state index in [4.69, 9.17) is 0 Å². The third kappa shape index (κ3) is 2.86. The van der Waals surface area contributed by atoms with Crippen molar-refractivity contribution in [2.45, 2.75) is 12.8 Å². The molecular formula is C16H23N3O. The second kappa shape index (κ2) is 5.94. The van der Waals surface area contributed by atoms with Crippen molar-refractivity contribution in [2.24, 2.45) is 0 Å². The van der Waals surface area contributed by atoms with Crippen LogP contribution >= 0.6 is 0 Å². The molecule has 1 saturated heterocycles. The van der Waals surface area contributed by atoms with E-state index in [1.807, 2.05) is 17.0 Å². The van der Waals surface area contributed by atoms with E-state index in [2.05, 4.69) is 29.0 Å². The molecule has 0 unspecified atom stereocenters. The van der Waals surface area contributed by atoms with Gasteiger partial charge < -0.3 is 14.7 Å².